The molecule has 11 aliphatic heterocycles. The number of likely N-dealkylation sites (tertiary alicyclic amines) is 3. The number of likely N-dealkylation sites (N-methyl/N-ethyl adjacent to an activating group) is 2. The molecule has 0 N–H and O–H groups in total. The van der Waals surface area contributed by atoms with E-state index in [2.05, 4.69) is 243 Å². The van der Waals surface area contributed by atoms with Gasteiger partial charge in [-0.2, -0.15) is 0 Å². The minimum absolute atomic E-state index is 0.563. The van der Waals surface area contributed by atoms with Crippen molar-refractivity contribution in [2.24, 2.45) is 46.8 Å². The first kappa shape index (κ1) is 74.9. The average molecular weight is 1290 g/mol. The fourth-order valence-corrected chi connectivity index (χ4v) is 24.1. The van der Waals surface area contributed by atoms with Crippen molar-refractivity contribution >= 4 is 0 Å². The number of hydrogen-bond acceptors (Lipinski definition) is 4. The summed E-state index contributed by atoms with van der Waals surface area (Å²) in [4.78, 5) is 8.32. The molecule has 12 unspecified atom stereocenters. The average Bonchev–Trinajstić information content (AvgIpc) is 1.45. The second-order valence-electron chi connectivity index (χ2n) is 39.0. The quantitative estimate of drug-likeness (QED) is 0.154. The molecule has 12 heterocycles. The fraction of sp³-hybridized carbons (Fsp3) is 0.963. The van der Waals surface area contributed by atoms with Gasteiger partial charge in [0.1, 0.15) is 12.2 Å². The van der Waals surface area contributed by atoms with Crippen LogP contribution in [0, 0.1) is 46.8 Å². The lowest BCUT2D eigenvalue weighted by Crippen LogP contribution is -2.81. The van der Waals surface area contributed by atoms with Gasteiger partial charge in [0.25, 0.3) is 5.82 Å². The van der Waals surface area contributed by atoms with Crippen molar-refractivity contribution in [1.82, 2.24) is 19.4 Å². The summed E-state index contributed by atoms with van der Waals surface area (Å²) in [5, 5.41) is 2.44. The standard InChI is InChI=1S/C16H29N2.C15H29N2.C14H28N.C13H26N.C12H22N3.C11H25N2/c1-10(2)17-13-8-9-16(13)14-7-6-12(15(16)17)18(14,5)11(3)4;1-10(2)16-12-6-14-8-13(16)9-15(7-12)17(14,5)11(3)4;1-10(2)12-6-13-8-15(5,11(3)4)9-14(13)7-12;1-9(2)13-7-12-6-11(13)8-14(12,5)10(3)4;1-10(2)13-8-9-15-12(13)6-5-7-14(15)11(3)4;1-10(2)12-6-8-13(5,9-7-12)11(3)4/h10-15H,6-9H2,1-5H3;10-15H,6-9H2,1-5H3;10-14H,6-9H2,1-5H3;9-13H,6-8H2,1-5H3;8-11H,5-7H2,1-4H3;10-11H,6-9H2,1-5H3/q6*+1. The molecule has 14 aliphatic rings. The van der Waals surface area contributed by atoms with Gasteiger partial charge in [-0.05, 0) is 194 Å². The van der Waals surface area contributed by atoms with Crippen LogP contribution in [0.3, 0.4) is 0 Å². The Kier molecular flexibility index (Phi) is 23.1. The van der Waals surface area contributed by atoms with E-state index in [0.717, 1.165) is 150 Å². The zero-order chi connectivity index (χ0) is 68.0. The summed E-state index contributed by atoms with van der Waals surface area (Å²) in [6, 6.07) is 15.9. The van der Waals surface area contributed by atoms with Crippen molar-refractivity contribution in [3.05, 3.63) is 18.2 Å². The van der Waals surface area contributed by atoms with Crippen molar-refractivity contribution in [2.75, 3.05) is 92.6 Å². The van der Waals surface area contributed by atoms with E-state index in [1.54, 1.807) is 0 Å². The first-order valence-corrected chi connectivity index (χ1v) is 40.2. The zero-order valence-electron chi connectivity index (χ0n) is 66.6. The van der Waals surface area contributed by atoms with E-state index >= 15 is 0 Å². The van der Waals surface area contributed by atoms with E-state index in [1.807, 2.05) is 0 Å². The van der Waals surface area contributed by atoms with E-state index < -0.39 is 0 Å². The molecule has 0 aromatic carbocycles. The van der Waals surface area contributed by atoms with E-state index in [0.29, 0.717) is 12.1 Å². The Morgan fingerprint density at radius 2 is 1.03 bits per heavy atom. The van der Waals surface area contributed by atoms with Crippen molar-refractivity contribution < 1.29 is 27.0 Å². The molecule has 1 aromatic heterocycles. The molecule has 1 spiro atoms. The second-order valence-corrected chi connectivity index (χ2v) is 39.0. The SMILES string of the molecule is CC(C)C1CC2CC1C[N+]2(C)C(C)C.CC(C)C1CC2C[N+](C)(C(C)C)CC2C1.CC(C)N1C2CC3CC1CC(C2)[N+]3(C)C(C)C.CC(C)N1C2CCC23C1C1CCC3[N+]1(C)C(C)C.CC(C)N1CCCc2n1cc[n+]2C(C)C.CC(C)N1CC[N+](C)(C(C)C)CC1. The van der Waals surface area contributed by atoms with Gasteiger partial charge in [-0.25, -0.2) is 9.58 Å². The molecule has 13 fully saturated rings. The third kappa shape index (κ3) is 13.4. The highest BCUT2D eigenvalue weighted by atomic mass is 15.6. The summed E-state index contributed by atoms with van der Waals surface area (Å²) in [5.41, 5.74) is 0.756. The monoisotopic (exact) mass is 1290 g/mol. The highest BCUT2D eigenvalue weighted by Gasteiger charge is 2.84. The Morgan fingerprint density at radius 1 is 0.489 bits per heavy atom. The van der Waals surface area contributed by atoms with Crippen LogP contribution in [0.5, 0.6) is 0 Å². The maximum atomic E-state index is 2.90. The Bertz CT molecular complexity index is 2470. The normalized spacial score (nSPS) is 41.0. The molecule has 12 atom stereocenters. The number of aromatic nitrogens is 2. The summed E-state index contributed by atoms with van der Waals surface area (Å²) >= 11 is 0. The first-order valence-electron chi connectivity index (χ1n) is 40.2. The lowest BCUT2D eigenvalue weighted by Gasteiger charge is -2.70. The van der Waals surface area contributed by atoms with E-state index in [-0.39, 0.29) is 0 Å². The van der Waals surface area contributed by atoms with Crippen LogP contribution in [-0.4, -0.2) is 238 Å². The molecule has 0 amide bonds. The van der Waals surface area contributed by atoms with Crippen molar-refractivity contribution in [2.45, 2.75) is 371 Å². The fourth-order valence-electron chi connectivity index (χ4n) is 24.1. The van der Waals surface area contributed by atoms with Gasteiger partial charge < -0.3 is 22.4 Å². The Morgan fingerprint density at radius 3 is 1.43 bits per heavy atom. The summed E-state index contributed by atoms with van der Waals surface area (Å²) in [6.07, 6.45) is 24.8. The highest BCUT2D eigenvalue weighted by molar-refractivity contribution is 5.29. The molecular formula is C81H159N11+6. The maximum absolute atomic E-state index is 2.90. The van der Waals surface area contributed by atoms with Crippen LogP contribution in [0.25, 0.3) is 0 Å². The van der Waals surface area contributed by atoms with E-state index in [1.165, 1.54) is 170 Å². The smallest absolute Gasteiger partial charge is 0.280 e. The summed E-state index contributed by atoms with van der Waals surface area (Å²) in [5.74, 6) is 8.46. The van der Waals surface area contributed by atoms with Gasteiger partial charge in [0.05, 0.1) is 159 Å². The lowest BCUT2D eigenvalue weighted by molar-refractivity contribution is -0.988. The lowest BCUT2D eigenvalue weighted by atomic mass is 9.47. The molecule has 10 saturated heterocycles. The van der Waals surface area contributed by atoms with Crippen molar-refractivity contribution in [1.29, 1.82) is 0 Å². The molecule has 532 valence electrons. The van der Waals surface area contributed by atoms with Crippen LogP contribution in [0.15, 0.2) is 12.4 Å². The number of imidazole rings is 1. The minimum atomic E-state index is 0.563. The molecule has 92 heavy (non-hydrogen) atoms. The number of quaternary nitrogens is 5. The Hall–Kier alpha value is -1.31. The van der Waals surface area contributed by atoms with Gasteiger partial charge >= 0.3 is 0 Å². The molecule has 0 radical (unpaired) electrons. The molecule has 3 saturated carbocycles. The van der Waals surface area contributed by atoms with Gasteiger partial charge in [0.2, 0.25) is 0 Å². The van der Waals surface area contributed by atoms with Crippen LogP contribution < -0.4 is 9.58 Å². The number of rotatable bonds is 12. The molecule has 3 aliphatic carbocycles. The molecular weight excluding hydrogens is 1130 g/mol. The number of fused-ring (bicyclic) bond motifs is 7. The van der Waals surface area contributed by atoms with Gasteiger partial charge in [0, 0.05) is 118 Å². The Balaban J connectivity index is 0.000000131. The summed E-state index contributed by atoms with van der Waals surface area (Å²) < 4.78 is 11.4. The number of piperazine rings is 1. The maximum Gasteiger partial charge on any atom is 0.280 e. The minimum Gasteiger partial charge on any atom is -0.324 e. The van der Waals surface area contributed by atoms with Crippen molar-refractivity contribution in [3.8, 4) is 0 Å². The van der Waals surface area contributed by atoms with E-state index in [4.69, 9.17) is 0 Å². The van der Waals surface area contributed by atoms with Crippen LogP contribution >= 0.6 is 0 Å². The highest BCUT2D eigenvalue weighted by Crippen LogP contribution is 2.72. The zero-order valence-corrected chi connectivity index (χ0v) is 66.6. The topological polar surface area (TPSA) is 21.8 Å². The molecule has 11 nitrogen and oxygen atoms in total. The number of piperidine rings is 6. The molecule has 1 aromatic rings. The predicted octanol–water partition coefficient (Wildman–Crippen LogP) is 14.5. The van der Waals surface area contributed by atoms with Gasteiger partial charge in [-0.3, -0.25) is 14.7 Å². The Labute approximate surface area is 572 Å². The van der Waals surface area contributed by atoms with Crippen LogP contribution in [0.1, 0.15) is 262 Å². The third-order valence-corrected chi connectivity index (χ3v) is 31.3. The summed E-state index contributed by atoms with van der Waals surface area (Å²) in [7, 11) is 12.5. The van der Waals surface area contributed by atoms with Crippen LogP contribution in [0.2, 0.25) is 0 Å². The molecule has 15 rings (SSSR count). The van der Waals surface area contributed by atoms with Gasteiger partial charge in [-0.15, -0.1) is 4.68 Å². The van der Waals surface area contributed by atoms with Crippen LogP contribution in [-0.2, 0) is 6.42 Å². The van der Waals surface area contributed by atoms with E-state index in [9.17, 15) is 0 Å². The predicted molar refractivity (Wildman–Crippen MR) is 392 cm³/mol. The summed E-state index contributed by atoms with van der Waals surface area (Å²) in [6.45, 7) is 67.5. The first-order chi connectivity index (χ1) is 42.8. The second kappa shape index (κ2) is 28.4. The largest absolute Gasteiger partial charge is 0.324 e. The number of hydrogen-bond donors (Lipinski definition) is 0. The van der Waals surface area contributed by atoms with Gasteiger partial charge in [-0.1, -0.05) is 27.7 Å². The molecule has 8 bridgehead atoms. The third-order valence-electron chi connectivity index (χ3n) is 31.3. The molecule has 11 heteroatoms. The van der Waals surface area contributed by atoms with Gasteiger partial charge in [0.15, 0.2) is 6.20 Å². The number of nitrogens with zero attached hydrogens (tertiary/aromatic N) is 11. The van der Waals surface area contributed by atoms with Crippen molar-refractivity contribution in [3.63, 3.8) is 0 Å². The van der Waals surface area contributed by atoms with Crippen LogP contribution in [0.4, 0.5) is 0 Å².